The summed E-state index contributed by atoms with van der Waals surface area (Å²) in [7, 11) is 0. The highest BCUT2D eigenvalue weighted by atomic mass is 16.1. The number of anilines is 1. The first kappa shape index (κ1) is 14.0. The van der Waals surface area contributed by atoms with Gasteiger partial charge in [-0.25, -0.2) is 4.98 Å². The van der Waals surface area contributed by atoms with E-state index in [9.17, 15) is 4.79 Å². The second kappa shape index (κ2) is 6.70. The van der Waals surface area contributed by atoms with Crippen molar-refractivity contribution in [3.05, 3.63) is 41.9 Å². The second-order valence-corrected chi connectivity index (χ2v) is 4.58. The van der Waals surface area contributed by atoms with Gasteiger partial charge in [-0.05, 0) is 25.5 Å². The lowest BCUT2D eigenvalue weighted by atomic mass is 10.1. The van der Waals surface area contributed by atoms with E-state index in [0.29, 0.717) is 5.56 Å². The van der Waals surface area contributed by atoms with Crippen LogP contribution in [0.15, 0.2) is 30.7 Å². The topological polar surface area (TPSA) is 82.7 Å². The van der Waals surface area contributed by atoms with Crippen molar-refractivity contribution in [3.63, 3.8) is 0 Å². The standard InChI is InChI=1S/C14H19N5O/c1-3-5-15-13-7-11(4-6-16-13)14(20)19-10(2)12-8-17-18-9-12/h4,6-10H,3,5H2,1-2H3,(H,15,16)(H,17,18)(H,19,20). The summed E-state index contributed by atoms with van der Waals surface area (Å²) < 4.78 is 0. The van der Waals surface area contributed by atoms with Gasteiger partial charge in [0.05, 0.1) is 12.2 Å². The average Bonchev–Trinajstić information content (AvgIpc) is 2.99. The van der Waals surface area contributed by atoms with Crippen molar-refractivity contribution in [3.8, 4) is 0 Å². The highest BCUT2D eigenvalue weighted by molar-refractivity contribution is 5.95. The van der Waals surface area contributed by atoms with Crippen LogP contribution in [0.25, 0.3) is 0 Å². The van der Waals surface area contributed by atoms with Gasteiger partial charge in [0.25, 0.3) is 5.91 Å². The first-order valence-corrected chi connectivity index (χ1v) is 6.70. The zero-order valence-corrected chi connectivity index (χ0v) is 11.7. The number of H-pyrrole nitrogens is 1. The Hall–Kier alpha value is -2.37. The molecule has 2 aromatic heterocycles. The summed E-state index contributed by atoms with van der Waals surface area (Å²) >= 11 is 0. The highest BCUT2D eigenvalue weighted by Gasteiger charge is 2.12. The molecule has 1 atom stereocenters. The number of nitrogens with zero attached hydrogens (tertiary/aromatic N) is 2. The number of rotatable bonds is 6. The molecular weight excluding hydrogens is 254 g/mol. The maximum atomic E-state index is 12.2. The van der Waals surface area contributed by atoms with Gasteiger partial charge < -0.3 is 10.6 Å². The molecule has 6 nitrogen and oxygen atoms in total. The van der Waals surface area contributed by atoms with E-state index in [-0.39, 0.29) is 11.9 Å². The molecule has 0 aliphatic rings. The Kier molecular flexibility index (Phi) is 4.70. The molecule has 6 heteroatoms. The van der Waals surface area contributed by atoms with Crippen molar-refractivity contribution < 1.29 is 4.79 Å². The third kappa shape index (κ3) is 3.57. The van der Waals surface area contributed by atoms with Crippen LogP contribution in [0.2, 0.25) is 0 Å². The van der Waals surface area contributed by atoms with E-state index < -0.39 is 0 Å². The zero-order valence-electron chi connectivity index (χ0n) is 11.7. The number of pyridine rings is 1. The van der Waals surface area contributed by atoms with Crippen LogP contribution >= 0.6 is 0 Å². The quantitative estimate of drug-likeness (QED) is 0.753. The first-order chi connectivity index (χ1) is 9.70. The summed E-state index contributed by atoms with van der Waals surface area (Å²) in [6, 6.07) is 3.36. The molecule has 20 heavy (non-hydrogen) atoms. The lowest BCUT2D eigenvalue weighted by Crippen LogP contribution is -2.26. The minimum atomic E-state index is -0.124. The van der Waals surface area contributed by atoms with E-state index in [1.54, 1.807) is 30.7 Å². The van der Waals surface area contributed by atoms with E-state index >= 15 is 0 Å². The van der Waals surface area contributed by atoms with Crippen LogP contribution in [0.5, 0.6) is 0 Å². The van der Waals surface area contributed by atoms with Gasteiger partial charge in [0.2, 0.25) is 0 Å². The number of aromatic amines is 1. The highest BCUT2D eigenvalue weighted by Crippen LogP contribution is 2.12. The lowest BCUT2D eigenvalue weighted by Gasteiger charge is -2.12. The molecule has 0 spiro atoms. The molecular formula is C14H19N5O. The van der Waals surface area contributed by atoms with Crippen LogP contribution in [0.4, 0.5) is 5.82 Å². The zero-order chi connectivity index (χ0) is 14.4. The Labute approximate surface area is 118 Å². The monoisotopic (exact) mass is 273 g/mol. The van der Waals surface area contributed by atoms with Gasteiger partial charge in [0, 0.05) is 30.1 Å². The van der Waals surface area contributed by atoms with Crippen LogP contribution in [0.3, 0.4) is 0 Å². The summed E-state index contributed by atoms with van der Waals surface area (Å²) in [5, 5.41) is 12.7. The Morgan fingerprint density at radius 2 is 2.35 bits per heavy atom. The molecule has 2 rings (SSSR count). The average molecular weight is 273 g/mol. The Morgan fingerprint density at radius 1 is 1.50 bits per heavy atom. The van der Waals surface area contributed by atoms with Crippen molar-refractivity contribution in [2.75, 3.05) is 11.9 Å². The van der Waals surface area contributed by atoms with Crippen LogP contribution in [-0.2, 0) is 0 Å². The molecule has 0 bridgehead atoms. The molecule has 1 unspecified atom stereocenters. The smallest absolute Gasteiger partial charge is 0.251 e. The van der Waals surface area contributed by atoms with Crippen molar-refractivity contribution >= 4 is 11.7 Å². The van der Waals surface area contributed by atoms with Gasteiger partial charge in [-0.2, -0.15) is 5.10 Å². The predicted octanol–water partition coefficient (Wildman–Crippen LogP) is 2.12. The predicted molar refractivity (Wildman–Crippen MR) is 77.5 cm³/mol. The fourth-order valence-electron chi connectivity index (χ4n) is 1.78. The first-order valence-electron chi connectivity index (χ1n) is 6.70. The van der Waals surface area contributed by atoms with E-state index in [2.05, 4.69) is 32.7 Å². The maximum Gasteiger partial charge on any atom is 0.251 e. The molecule has 0 fully saturated rings. The van der Waals surface area contributed by atoms with Crippen LogP contribution in [0, 0.1) is 0 Å². The fraction of sp³-hybridized carbons (Fsp3) is 0.357. The van der Waals surface area contributed by atoms with Crippen LogP contribution < -0.4 is 10.6 Å². The van der Waals surface area contributed by atoms with E-state index in [4.69, 9.17) is 0 Å². The Morgan fingerprint density at radius 3 is 3.05 bits per heavy atom. The third-order valence-corrected chi connectivity index (χ3v) is 2.95. The molecule has 0 radical (unpaired) electrons. The molecule has 1 amide bonds. The van der Waals surface area contributed by atoms with E-state index in [1.165, 1.54) is 0 Å². The largest absolute Gasteiger partial charge is 0.370 e. The molecule has 0 saturated heterocycles. The molecule has 0 aromatic carbocycles. The summed E-state index contributed by atoms with van der Waals surface area (Å²) in [5.41, 5.74) is 1.53. The lowest BCUT2D eigenvalue weighted by molar-refractivity contribution is 0.0940. The van der Waals surface area contributed by atoms with Crippen molar-refractivity contribution in [2.24, 2.45) is 0 Å². The minimum Gasteiger partial charge on any atom is -0.370 e. The van der Waals surface area contributed by atoms with Gasteiger partial charge in [-0.1, -0.05) is 6.92 Å². The van der Waals surface area contributed by atoms with Crippen molar-refractivity contribution in [1.82, 2.24) is 20.5 Å². The summed E-state index contributed by atoms with van der Waals surface area (Å²) in [4.78, 5) is 16.4. The molecule has 0 saturated carbocycles. The van der Waals surface area contributed by atoms with Crippen LogP contribution in [0.1, 0.15) is 42.2 Å². The van der Waals surface area contributed by atoms with E-state index in [1.807, 2.05) is 6.92 Å². The maximum absolute atomic E-state index is 12.2. The van der Waals surface area contributed by atoms with Crippen molar-refractivity contribution in [2.45, 2.75) is 26.3 Å². The summed E-state index contributed by atoms with van der Waals surface area (Å²) in [5.74, 6) is 0.594. The SMILES string of the molecule is CCCNc1cc(C(=O)NC(C)c2cn[nH]c2)ccn1. The number of carbonyl (C=O) groups excluding carboxylic acids is 1. The number of hydrogen-bond donors (Lipinski definition) is 3. The Balaban J connectivity index is 2.01. The second-order valence-electron chi connectivity index (χ2n) is 4.58. The number of nitrogens with one attached hydrogen (secondary N) is 3. The molecule has 106 valence electrons. The summed E-state index contributed by atoms with van der Waals surface area (Å²) in [6.45, 7) is 4.83. The minimum absolute atomic E-state index is 0.0959. The third-order valence-electron chi connectivity index (χ3n) is 2.95. The molecule has 3 N–H and O–H groups in total. The number of hydrogen-bond acceptors (Lipinski definition) is 4. The van der Waals surface area contributed by atoms with Gasteiger partial charge in [0.15, 0.2) is 0 Å². The van der Waals surface area contributed by atoms with Gasteiger partial charge >= 0.3 is 0 Å². The molecule has 2 aromatic rings. The fourth-order valence-corrected chi connectivity index (χ4v) is 1.78. The normalized spacial score (nSPS) is 11.9. The van der Waals surface area contributed by atoms with Crippen LogP contribution in [-0.4, -0.2) is 27.6 Å². The summed E-state index contributed by atoms with van der Waals surface area (Å²) in [6.07, 6.45) is 6.11. The molecule has 2 heterocycles. The van der Waals surface area contributed by atoms with Gasteiger partial charge in [0.1, 0.15) is 5.82 Å². The number of carbonyl (C=O) groups is 1. The number of aromatic nitrogens is 3. The number of amides is 1. The van der Waals surface area contributed by atoms with Crippen molar-refractivity contribution in [1.29, 1.82) is 0 Å². The molecule has 0 aliphatic carbocycles. The molecule has 0 aliphatic heterocycles. The Bertz CT molecular complexity index is 552. The van der Waals surface area contributed by atoms with Gasteiger partial charge in [-0.3, -0.25) is 9.89 Å². The van der Waals surface area contributed by atoms with Gasteiger partial charge in [-0.15, -0.1) is 0 Å². The van der Waals surface area contributed by atoms with E-state index in [0.717, 1.165) is 24.3 Å².